The lowest BCUT2D eigenvalue weighted by atomic mass is 9.99. The Morgan fingerprint density at radius 1 is 1.15 bits per heavy atom. The summed E-state index contributed by atoms with van der Waals surface area (Å²) >= 11 is 0. The number of rotatable bonds is 6. The van der Waals surface area contributed by atoms with Gasteiger partial charge in [0, 0.05) is 5.69 Å². The van der Waals surface area contributed by atoms with Crippen LogP contribution >= 0.6 is 0 Å². The van der Waals surface area contributed by atoms with Crippen LogP contribution < -0.4 is 5.32 Å². The maximum absolute atomic E-state index is 11.7. The molecule has 1 amide bonds. The lowest BCUT2D eigenvalue weighted by Crippen LogP contribution is -2.16. The van der Waals surface area contributed by atoms with Crippen molar-refractivity contribution < 1.29 is 19.4 Å². The van der Waals surface area contributed by atoms with Crippen LogP contribution in [0.2, 0.25) is 0 Å². The van der Waals surface area contributed by atoms with E-state index in [-0.39, 0.29) is 0 Å². The van der Waals surface area contributed by atoms with Gasteiger partial charge in [-0.25, -0.2) is 9.78 Å². The van der Waals surface area contributed by atoms with Crippen LogP contribution in [0, 0.1) is 0 Å². The summed E-state index contributed by atoms with van der Waals surface area (Å²) in [6.45, 7) is 0. The molecule has 3 N–H and O–H groups in total. The topological polar surface area (TPSA) is 104 Å². The summed E-state index contributed by atoms with van der Waals surface area (Å²) in [7, 11) is 1.30. The van der Waals surface area contributed by atoms with Gasteiger partial charge < -0.3 is 14.8 Å². The number of aromatic amines is 1. The Morgan fingerprint density at radius 2 is 1.85 bits per heavy atom. The third-order valence-electron chi connectivity index (χ3n) is 4.13. The molecule has 0 bridgehead atoms. The number of hydrogen-bond acceptors (Lipinski definition) is 4. The Hall–Kier alpha value is -3.61. The summed E-state index contributed by atoms with van der Waals surface area (Å²) in [6, 6.07) is 16.5. The zero-order chi connectivity index (χ0) is 19.2. The van der Waals surface area contributed by atoms with Crippen LogP contribution in [0.1, 0.15) is 17.3 Å². The summed E-state index contributed by atoms with van der Waals surface area (Å²) in [4.78, 5) is 30.3. The normalized spacial score (nSPS) is 11.6. The van der Waals surface area contributed by atoms with E-state index in [4.69, 9.17) is 0 Å². The fraction of sp³-hybridized carbons (Fsp3) is 0.150. The molecule has 27 heavy (non-hydrogen) atoms. The smallest absolute Gasteiger partial charge is 0.411 e. The first-order valence-electron chi connectivity index (χ1n) is 8.34. The first-order chi connectivity index (χ1) is 13.1. The molecule has 1 unspecified atom stereocenters. The molecule has 0 aliphatic rings. The maximum Gasteiger partial charge on any atom is 0.411 e. The van der Waals surface area contributed by atoms with Gasteiger partial charge in [0.2, 0.25) is 0 Å². The van der Waals surface area contributed by atoms with E-state index in [1.54, 1.807) is 30.5 Å². The lowest BCUT2D eigenvalue weighted by molar-refractivity contribution is -0.138. The van der Waals surface area contributed by atoms with Crippen LogP contribution in [0.5, 0.6) is 0 Å². The van der Waals surface area contributed by atoms with Crippen molar-refractivity contribution in [3.63, 3.8) is 0 Å². The molecule has 7 nitrogen and oxygen atoms in total. The molecule has 0 fully saturated rings. The molecule has 1 aromatic heterocycles. The minimum absolute atomic E-state index is 0.352. The van der Waals surface area contributed by atoms with Gasteiger partial charge in [0.1, 0.15) is 11.7 Å². The first kappa shape index (κ1) is 18.2. The van der Waals surface area contributed by atoms with Crippen molar-refractivity contribution in [1.29, 1.82) is 0 Å². The van der Waals surface area contributed by atoms with E-state index in [2.05, 4.69) is 20.0 Å². The molecule has 0 aliphatic carbocycles. The SMILES string of the molecule is COC(=O)Nc1ccc(-c2cnc(C(Cc3ccccc3)C(=O)O)[nH]2)cc1. The number of H-pyrrole nitrogens is 1. The van der Waals surface area contributed by atoms with Gasteiger partial charge in [0.05, 0.1) is 19.0 Å². The number of anilines is 1. The molecule has 0 saturated heterocycles. The molecule has 0 aliphatic heterocycles. The summed E-state index contributed by atoms with van der Waals surface area (Å²) in [5.41, 5.74) is 3.06. The van der Waals surface area contributed by atoms with Gasteiger partial charge >= 0.3 is 12.1 Å². The molecule has 1 atom stereocenters. The number of carbonyl (C=O) groups excluding carboxylic acids is 1. The number of aliphatic carboxylic acids is 1. The molecule has 2 aromatic carbocycles. The van der Waals surface area contributed by atoms with E-state index < -0.39 is 18.0 Å². The van der Waals surface area contributed by atoms with Crippen molar-refractivity contribution in [2.24, 2.45) is 0 Å². The highest BCUT2D eigenvalue weighted by molar-refractivity contribution is 5.84. The zero-order valence-corrected chi connectivity index (χ0v) is 14.7. The van der Waals surface area contributed by atoms with Crippen molar-refractivity contribution in [3.05, 3.63) is 72.2 Å². The number of carboxylic acid groups (broad SMARTS) is 1. The van der Waals surface area contributed by atoms with Crippen molar-refractivity contribution in [2.45, 2.75) is 12.3 Å². The Bertz CT molecular complexity index is 920. The van der Waals surface area contributed by atoms with E-state index in [9.17, 15) is 14.7 Å². The van der Waals surface area contributed by atoms with Gasteiger partial charge in [-0.1, -0.05) is 42.5 Å². The van der Waals surface area contributed by atoms with Crippen LogP contribution in [0.15, 0.2) is 60.8 Å². The van der Waals surface area contributed by atoms with Gasteiger partial charge in [-0.2, -0.15) is 0 Å². The molecule has 0 spiro atoms. The van der Waals surface area contributed by atoms with Gasteiger partial charge in [-0.3, -0.25) is 10.1 Å². The van der Waals surface area contributed by atoms with E-state index in [0.29, 0.717) is 23.6 Å². The highest BCUT2D eigenvalue weighted by Crippen LogP contribution is 2.24. The molecular weight excluding hydrogens is 346 g/mol. The Kier molecular flexibility index (Phi) is 5.51. The molecule has 3 rings (SSSR count). The third-order valence-corrected chi connectivity index (χ3v) is 4.13. The Balaban J connectivity index is 1.78. The quantitative estimate of drug-likeness (QED) is 0.618. The van der Waals surface area contributed by atoms with E-state index in [1.807, 2.05) is 30.3 Å². The molecule has 138 valence electrons. The number of methoxy groups -OCH3 is 1. The van der Waals surface area contributed by atoms with E-state index >= 15 is 0 Å². The van der Waals surface area contributed by atoms with Crippen molar-refractivity contribution in [3.8, 4) is 11.3 Å². The highest BCUT2D eigenvalue weighted by atomic mass is 16.5. The molecule has 7 heteroatoms. The zero-order valence-electron chi connectivity index (χ0n) is 14.7. The minimum Gasteiger partial charge on any atom is -0.481 e. The number of carbonyl (C=O) groups is 2. The summed E-state index contributed by atoms with van der Waals surface area (Å²) in [5.74, 6) is -1.29. The van der Waals surface area contributed by atoms with Crippen LogP contribution in [-0.2, 0) is 16.0 Å². The number of hydrogen-bond donors (Lipinski definition) is 3. The second kappa shape index (κ2) is 8.18. The van der Waals surface area contributed by atoms with Gasteiger partial charge in [0.15, 0.2) is 0 Å². The average molecular weight is 365 g/mol. The van der Waals surface area contributed by atoms with Crippen LogP contribution in [0.3, 0.4) is 0 Å². The van der Waals surface area contributed by atoms with E-state index in [0.717, 1.165) is 11.1 Å². The third kappa shape index (κ3) is 4.52. The van der Waals surface area contributed by atoms with Crippen molar-refractivity contribution in [2.75, 3.05) is 12.4 Å². The number of nitrogens with one attached hydrogen (secondary N) is 2. The largest absolute Gasteiger partial charge is 0.481 e. The van der Waals surface area contributed by atoms with Crippen LogP contribution in [-0.4, -0.2) is 34.2 Å². The Labute approximate surface area is 156 Å². The van der Waals surface area contributed by atoms with E-state index in [1.165, 1.54) is 7.11 Å². The van der Waals surface area contributed by atoms with Crippen molar-refractivity contribution in [1.82, 2.24) is 9.97 Å². The van der Waals surface area contributed by atoms with Crippen molar-refractivity contribution >= 4 is 17.7 Å². The number of benzene rings is 2. The molecule has 1 heterocycles. The minimum atomic E-state index is -0.933. The Morgan fingerprint density at radius 3 is 2.48 bits per heavy atom. The maximum atomic E-state index is 11.7. The monoisotopic (exact) mass is 365 g/mol. The fourth-order valence-electron chi connectivity index (χ4n) is 2.71. The predicted octanol–water partition coefficient (Wildman–Crippen LogP) is 3.67. The molecule has 0 saturated carbocycles. The number of ether oxygens (including phenoxy) is 1. The second-order valence-corrected chi connectivity index (χ2v) is 5.96. The van der Waals surface area contributed by atoms with Gasteiger partial charge in [-0.05, 0) is 29.7 Å². The van der Waals surface area contributed by atoms with Gasteiger partial charge in [-0.15, -0.1) is 0 Å². The first-order valence-corrected chi connectivity index (χ1v) is 8.34. The number of amides is 1. The average Bonchev–Trinajstić information content (AvgIpc) is 3.17. The molecule has 0 radical (unpaired) electrons. The number of nitrogens with zero attached hydrogens (tertiary/aromatic N) is 1. The molecular formula is C20H19N3O4. The summed E-state index contributed by atoms with van der Waals surface area (Å²) in [6.07, 6.45) is 1.42. The standard InChI is InChI=1S/C20H19N3O4/c1-27-20(26)22-15-9-7-14(8-10-15)17-12-21-18(23-17)16(19(24)25)11-13-5-3-2-4-6-13/h2-10,12,16H,11H2,1H3,(H,21,23)(H,22,26)(H,24,25). The second-order valence-electron chi connectivity index (χ2n) is 5.96. The van der Waals surface area contributed by atoms with Crippen LogP contribution in [0.4, 0.5) is 10.5 Å². The number of imidazole rings is 1. The highest BCUT2D eigenvalue weighted by Gasteiger charge is 2.23. The van der Waals surface area contributed by atoms with Crippen LogP contribution in [0.25, 0.3) is 11.3 Å². The molecule has 3 aromatic rings. The number of carboxylic acids is 1. The summed E-state index contributed by atoms with van der Waals surface area (Å²) < 4.78 is 4.55. The number of aromatic nitrogens is 2. The lowest BCUT2D eigenvalue weighted by Gasteiger charge is -2.10. The fourth-order valence-corrected chi connectivity index (χ4v) is 2.71. The predicted molar refractivity (Wildman–Crippen MR) is 101 cm³/mol. The summed E-state index contributed by atoms with van der Waals surface area (Å²) in [5, 5.41) is 12.2. The van der Waals surface area contributed by atoms with Gasteiger partial charge in [0.25, 0.3) is 0 Å².